The minimum Gasteiger partial charge on any atom is -0.393 e. The van der Waals surface area contributed by atoms with Crippen LogP contribution in [0.1, 0.15) is 12.8 Å². The molecule has 0 saturated carbocycles. The summed E-state index contributed by atoms with van der Waals surface area (Å²) in [5, 5.41) is 19.4. The average Bonchev–Trinajstić information content (AvgIpc) is 2.64. The van der Waals surface area contributed by atoms with Crippen molar-refractivity contribution >= 4 is 20.9 Å². The van der Waals surface area contributed by atoms with Crippen LogP contribution in [0.3, 0.4) is 0 Å². The molecule has 0 radical (unpaired) electrons. The molecule has 9 nitrogen and oxygen atoms in total. The summed E-state index contributed by atoms with van der Waals surface area (Å²) in [7, 11) is -1.01. The van der Waals surface area contributed by atoms with Crippen LogP contribution >= 0.6 is 0 Å². The Morgan fingerprint density at radius 1 is 1.12 bits per heavy atom. The molecule has 1 aliphatic rings. The van der Waals surface area contributed by atoms with Crippen molar-refractivity contribution in [1.29, 1.82) is 0 Å². The molecule has 0 spiro atoms. The summed E-state index contributed by atoms with van der Waals surface area (Å²) in [6.45, 7) is -0.271. The molecular weight excluding hydrogens is 362 g/mol. The Balaban J connectivity index is 2.06. The van der Waals surface area contributed by atoms with Gasteiger partial charge in [-0.3, -0.25) is 13.9 Å². The number of rotatable bonds is 3. The van der Waals surface area contributed by atoms with Gasteiger partial charge in [-0.15, -0.1) is 0 Å². The van der Waals surface area contributed by atoms with Crippen molar-refractivity contribution in [3.05, 3.63) is 39.0 Å². The number of benzene rings is 1. The Bertz CT molecular complexity index is 1080. The van der Waals surface area contributed by atoms with Gasteiger partial charge in [0.15, 0.2) is 0 Å². The summed E-state index contributed by atoms with van der Waals surface area (Å²) in [5.74, 6) is 0. The third kappa shape index (κ3) is 2.88. The van der Waals surface area contributed by atoms with Gasteiger partial charge in [-0.25, -0.2) is 13.2 Å². The lowest BCUT2D eigenvalue weighted by Crippen LogP contribution is -2.48. The fraction of sp³-hybridized carbons (Fsp3) is 0.500. The summed E-state index contributed by atoms with van der Waals surface area (Å²) in [4.78, 5) is 24.3. The van der Waals surface area contributed by atoms with E-state index in [0.717, 1.165) is 4.57 Å². The van der Waals surface area contributed by atoms with Crippen LogP contribution in [0.25, 0.3) is 10.9 Å². The SMILES string of the molecule is Cn1c(=O)c2cc(S(=O)(=O)N3CCC(O)(CO)CC3)ccc2n(C)c1=O. The van der Waals surface area contributed by atoms with Crippen molar-refractivity contribution in [2.24, 2.45) is 14.1 Å². The summed E-state index contributed by atoms with van der Waals surface area (Å²) < 4.78 is 29.2. The monoisotopic (exact) mass is 383 g/mol. The smallest absolute Gasteiger partial charge is 0.330 e. The molecule has 26 heavy (non-hydrogen) atoms. The minimum absolute atomic E-state index is 0.0461. The van der Waals surface area contributed by atoms with Crippen LogP contribution in [-0.4, -0.2) is 57.4 Å². The number of nitrogens with zero attached hydrogens (tertiary/aromatic N) is 3. The van der Waals surface area contributed by atoms with E-state index in [-0.39, 0.29) is 36.2 Å². The van der Waals surface area contributed by atoms with E-state index in [1.165, 1.54) is 41.2 Å². The Morgan fingerprint density at radius 3 is 2.31 bits per heavy atom. The van der Waals surface area contributed by atoms with Gasteiger partial charge in [-0.05, 0) is 31.0 Å². The van der Waals surface area contributed by atoms with Gasteiger partial charge in [0.2, 0.25) is 10.0 Å². The van der Waals surface area contributed by atoms with Crippen LogP contribution < -0.4 is 11.2 Å². The topological polar surface area (TPSA) is 122 Å². The third-order valence-electron chi connectivity index (χ3n) is 5.02. The molecule has 0 atom stereocenters. The van der Waals surface area contributed by atoms with Crippen molar-refractivity contribution in [1.82, 2.24) is 13.4 Å². The maximum atomic E-state index is 12.9. The number of piperidine rings is 1. The fourth-order valence-electron chi connectivity index (χ4n) is 3.18. The molecule has 142 valence electrons. The molecule has 0 unspecified atom stereocenters. The first-order chi connectivity index (χ1) is 12.1. The lowest BCUT2D eigenvalue weighted by atomic mass is 9.94. The molecule has 1 aromatic heterocycles. The van der Waals surface area contributed by atoms with Crippen molar-refractivity contribution in [3.8, 4) is 0 Å². The maximum absolute atomic E-state index is 12.9. The van der Waals surface area contributed by atoms with Crippen LogP contribution in [0.5, 0.6) is 0 Å². The third-order valence-corrected chi connectivity index (χ3v) is 6.92. The average molecular weight is 383 g/mol. The van der Waals surface area contributed by atoms with Crippen LogP contribution in [0.15, 0.2) is 32.7 Å². The van der Waals surface area contributed by atoms with Crippen molar-refractivity contribution in [3.63, 3.8) is 0 Å². The van der Waals surface area contributed by atoms with Crippen LogP contribution in [0.4, 0.5) is 0 Å². The zero-order valence-corrected chi connectivity index (χ0v) is 15.4. The van der Waals surface area contributed by atoms with E-state index in [2.05, 4.69) is 0 Å². The molecule has 2 N–H and O–H groups in total. The second kappa shape index (κ2) is 6.31. The van der Waals surface area contributed by atoms with E-state index in [9.17, 15) is 28.2 Å². The molecule has 3 rings (SSSR count). The molecule has 2 aromatic rings. The molecule has 1 saturated heterocycles. The molecular formula is C16H21N3O6S. The number of hydrogen-bond donors (Lipinski definition) is 2. The standard InChI is InChI=1S/C16H21N3O6S/c1-17-13-4-3-11(9-12(13)14(21)18(2)15(17)22)26(24,25)19-7-5-16(23,10-20)6-8-19/h3-4,9,20,23H,5-8,10H2,1-2H3. The number of aryl methyl sites for hydroxylation is 1. The molecule has 1 aromatic carbocycles. The number of aliphatic hydroxyl groups is 2. The van der Waals surface area contributed by atoms with E-state index < -0.39 is 33.5 Å². The predicted octanol–water partition coefficient (Wildman–Crippen LogP) is -1.25. The Morgan fingerprint density at radius 2 is 1.73 bits per heavy atom. The zero-order chi connectivity index (χ0) is 19.3. The highest BCUT2D eigenvalue weighted by molar-refractivity contribution is 7.89. The molecule has 0 amide bonds. The van der Waals surface area contributed by atoms with Crippen molar-refractivity contribution in [2.75, 3.05) is 19.7 Å². The highest BCUT2D eigenvalue weighted by Crippen LogP contribution is 2.27. The number of aliphatic hydroxyl groups excluding tert-OH is 1. The second-order valence-corrected chi connectivity index (χ2v) is 8.61. The zero-order valence-electron chi connectivity index (χ0n) is 14.5. The first kappa shape index (κ1) is 18.8. The van der Waals surface area contributed by atoms with E-state index in [0.29, 0.717) is 5.52 Å². The van der Waals surface area contributed by atoms with Crippen molar-refractivity contribution in [2.45, 2.75) is 23.3 Å². The van der Waals surface area contributed by atoms with E-state index in [1.807, 2.05) is 0 Å². The molecule has 0 bridgehead atoms. The lowest BCUT2D eigenvalue weighted by Gasteiger charge is -2.36. The number of hydrogen-bond acceptors (Lipinski definition) is 6. The molecule has 2 heterocycles. The van der Waals surface area contributed by atoms with Gasteiger partial charge in [0.25, 0.3) is 5.56 Å². The quantitative estimate of drug-likeness (QED) is 0.683. The molecule has 10 heteroatoms. The molecule has 1 fully saturated rings. The Labute approximate surface area is 149 Å². The molecule has 1 aliphatic heterocycles. The normalized spacial score (nSPS) is 18.3. The van der Waals surface area contributed by atoms with E-state index >= 15 is 0 Å². The summed E-state index contributed by atoms with van der Waals surface area (Å²) >= 11 is 0. The first-order valence-electron chi connectivity index (χ1n) is 8.14. The minimum atomic E-state index is -3.86. The van der Waals surface area contributed by atoms with Gasteiger partial charge in [-0.2, -0.15) is 4.31 Å². The summed E-state index contributed by atoms with van der Waals surface area (Å²) in [6.07, 6.45) is 0.263. The van der Waals surface area contributed by atoms with Gasteiger partial charge in [0.1, 0.15) is 0 Å². The number of sulfonamides is 1. The second-order valence-electron chi connectivity index (χ2n) is 6.67. The van der Waals surface area contributed by atoms with Crippen LogP contribution in [0, 0.1) is 0 Å². The fourth-order valence-corrected chi connectivity index (χ4v) is 4.65. The maximum Gasteiger partial charge on any atom is 0.330 e. The van der Waals surface area contributed by atoms with E-state index in [1.54, 1.807) is 0 Å². The predicted molar refractivity (Wildman–Crippen MR) is 94.5 cm³/mol. The Kier molecular flexibility index (Phi) is 4.55. The highest BCUT2D eigenvalue weighted by Gasteiger charge is 2.36. The number of fused-ring (bicyclic) bond motifs is 1. The first-order valence-corrected chi connectivity index (χ1v) is 9.58. The van der Waals surface area contributed by atoms with Gasteiger partial charge in [0, 0.05) is 27.2 Å². The summed E-state index contributed by atoms with van der Waals surface area (Å²) in [6, 6.07) is 4.09. The van der Waals surface area contributed by atoms with Crippen molar-refractivity contribution < 1.29 is 18.6 Å². The van der Waals surface area contributed by atoms with Gasteiger partial charge < -0.3 is 10.2 Å². The van der Waals surface area contributed by atoms with Crippen LogP contribution in [-0.2, 0) is 24.1 Å². The van der Waals surface area contributed by atoms with Gasteiger partial charge >= 0.3 is 5.69 Å². The van der Waals surface area contributed by atoms with Crippen LogP contribution in [0.2, 0.25) is 0 Å². The van der Waals surface area contributed by atoms with Gasteiger partial charge in [0.05, 0.1) is 28.0 Å². The summed E-state index contributed by atoms with van der Waals surface area (Å²) in [5.41, 5.74) is -1.96. The Hall–Kier alpha value is -2.01. The van der Waals surface area contributed by atoms with E-state index in [4.69, 9.17) is 0 Å². The van der Waals surface area contributed by atoms with Gasteiger partial charge in [-0.1, -0.05) is 0 Å². The number of aromatic nitrogens is 2. The highest BCUT2D eigenvalue weighted by atomic mass is 32.2. The molecule has 0 aliphatic carbocycles. The largest absolute Gasteiger partial charge is 0.393 e. The lowest BCUT2D eigenvalue weighted by molar-refractivity contribution is -0.0480.